The van der Waals surface area contributed by atoms with Crippen LogP contribution in [0.4, 0.5) is 0 Å². The maximum atomic E-state index is 3.43. The molecule has 1 saturated heterocycles. The van der Waals surface area contributed by atoms with Gasteiger partial charge in [-0.3, -0.25) is 0 Å². The molecule has 0 amide bonds. The summed E-state index contributed by atoms with van der Waals surface area (Å²) in [5, 5.41) is 2.34. The topological polar surface area (TPSA) is 15.3 Å². The van der Waals surface area contributed by atoms with E-state index in [9.17, 15) is 0 Å². The number of allylic oxidation sites excluding steroid dienone is 1. The van der Waals surface area contributed by atoms with Crippen molar-refractivity contribution < 1.29 is 0 Å². The summed E-state index contributed by atoms with van der Waals surface area (Å²) in [7, 11) is 0. The van der Waals surface area contributed by atoms with E-state index in [4.69, 9.17) is 0 Å². The molecule has 0 aliphatic carbocycles. The van der Waals surface area contributed by atoms with Crippen LogP contribution in [-0.2, 0) is 0 Å². The number of hydrogen-bond donors (Lipinski definition) is 1. The standard InChI is InChI=1S/C9H16N2/c1-2-5-9-6-4-7-10-11(9)8-3-1/h6,10H,1-5,7-8H2. The second kappa shape index (κ2) is 3.26. The van der Waals surface area contributed by atoms with Crippen LogP contribution in [0.15, 0.2) is 11.8 Å². The monoisotopic (exact) mass is 152 g/mol. The van der Waals surface area contributed by atoms with E-state index < -0.39 is 0 Å². The third kappa shape index (κ3) is 1.56. The van der Waals surface area contributed by atoms with Crippen LogP contribution in [-0.4, -0.2) is 18.1 Å². The largest absolute Gasteiger partial charge is 0.313 e. The van der Waals surface area contributed by atoms with Crippen LogP contribution in [0.25, 0.3) is 0 Å². The molecule has 0 aromatic heterocycles. The lowest BCUT2D eigenvalue weighted by molar-refractivity contribution is 0.233. The smallest absolute Gasteiger partial charge is 0.0340 e. The minimum atomic E-state index is 1.13. The summed E-state index contributed by atoms with van der Waals surface area (Å²) in [6.07, 6.45) is 9.02. The summed E-state index contributed by atoms with van der Waals surface area (Å²) in [6, 6.07) is 0. The molecular weight excluding hydrogens is 136 g/mol. The lowest BCUT2D eigenvalue weighted by atomic mass is 10.1. The first-order valence-corrected chi connectivity index (χ1v) is 4.67. The molecule has 0 saturated carbocycles. The maximum Gasteiger partial charge on any atom is 0.0340 e. The van der Waals surface area contributed by atoms with Gasteiger partial charge in [-0.15, -0.1) is 0 Å². The number of hydrogen-bond acceptors (Lipinski definition) is 2. The van der Waals surface area contributed by atoms with Gasteiger partial charge in [0, 0.05) is 18.8 Å². The molecule has 1 fully saturated rings. The predicted octanol–water partition coefficient (Wildman–Crippen LogP) is 1.65. The highest BCUT2D eigenvalue weighted by Gasteiger charge is 2.14. The van der Waals surface area contributed by atoms with Crippen molar-refractivity contribution in [3.05, 3.63) is 11.8 Å². The zero-order valence-corrected chi connectivity index (χ0v) is 6.97. The van der Waals surface area contributed by atoms with Crippen LogP contribution in [0.3, 0.4) is 0 Å². The van der Waals surface area contributed by atoms with Gasteiger partial charge in [-0.05, 0) is 25.7 Å². The van der Waals surface area contributed by atoms with Crippen molar-refractivity contribution in [3.8, 4) is 0 Å². The number of fused-ring (bicyclic) bond motifs is 1. The van der Waals surface area contributed by atoms with E-state index in [1.54, 1.807) is 0 Å². The average molecular weight is 152 g/mol. The molecule has 2 aliphatic rings. The van der Waals surface area contributed by atoms with E-state index in [0.717, 1.165) is 6.54 Å². The highest BCUT2D eigenvalue weighted by Crippen LogP contribution is 2.20. The van der Waals surface area contributed by atoms with Gasteiger partial charge in [0.1, 0.15) is 0 Å². The normalized spacial score (nSPS) is 25.5. The summed E-state index contributed by atoms with van der Waals surface area (Å²) in [5.74, 6) is 0. The second-order valence-electron chi connectivity index (χ2n) is 3.35. The van der Waals surface area contributed by atoms with Crippen molar-refractivity contribution in [2.45, 2.75) is 32.1 Å². The molecule has 2 nitrogen and oxygen atoms in total. The van der Waals surface area contributed by atoms with Gasteiger partial charge >= 0.3 is 0 Å². The summed E-state index contributed by atoms with van der Waals surface area (Å²) in [5.41, 5.74) is 4.96. The Balaban J connectivity index is 2.07. The summed E-state index contributed by atoms with van der Waals surface area (Å²) in [6.45, 7) is 2.34. The zero-order chi connectivity index (χ0) is 7.52. The fourth-order valence-corrected chi connectivity index (χ4v) is 1.86. The van der Waals surface area contributed by atoms with Gasteiger partial charge < -0.3 is 5.01 Å². The molecule has 2 heteroatoms. The fraction of sp³-hybridized carbons (Fsp3) is 0.778. The van der Waals surface area contributed by atoms with Crippen LogP contribution >= 0.6 is 0 Å². The van der Waals surface area contributed by atoms with Crippen molar-refractivity contribution in [1.29, 1.82) is 0 Å². The first kappa shape index (κ1) is 7.17. The van der Waals surface area contributed by atoms with E-state index in [1.807, 2.05) is 0 Å². The quantitative estimate of drug-likeness (QED) is 0.568. The molecule has 62 valence electrons. The summed E-state index contributed by atoms with van der Waals surface area (Å²) in [4.78, 5) is 0. The minimum absolute atomic E-state index is 1.13. The average Bonchev–Trinajstić information content (AvgIpc) is 2.28. The van der Waals surface area contributed by atoms with Crippen molar-refractivity contribution >= 4 is 0 Å². The molecule has 2 heterocycles. The number of nitrogens with one attached hydrogen (secondary N) is 1. The number of nitrogens with zero attached hydrogens (tertiary/aromatic N) is 1. The van der Waals surface area contributed by atoms with E-state index in [-0.39, 0.29) is 0 Å². The van der Waals surface area contributed by atoms with Gasteiger partial charge in [0.15, 0.2) is 0 Å². The fourth-order valence-electron chi connectivity index (χ4n) is 1.86. The molecule has 1 N–H and O–H groups in total. The molecular formula is C9H16N2. The Morgan fingerprint density at radius 3 is 3.27 bits per heavy atom. The Labute approximate surface area is 68.2 Å². The van der Waals surface area contributed by atoms with Crippen molar-refractivity contribution in [1.82, 2.24) is 10.4 Å². The predicted molar refractivity (Wildman–Crippen MR) is 45.9 cm³/mol. The molecule has 0 radical (unpaired) electrons. The Hall–Kier alpha value is -0.500. The van der Waals surface area contributed by atoms with Gasteiger partial charge in [0.2, 0.25) is 0 Å². The lowest BCUT2D eigenvalue weighted by Gasteiger charge is -2.29. The SMILES string of the molecule is C1=C2CCCCCN2NCC1. The molecule has 0 spiro atoms. The summed E-state index contributed by atoms with van der Waals surface area (Å²) >= 11 is 0. The summed E-state index contributed by atoms with van der Waals surface area (Å²) < 4.78 is 0. The van der Waals surface area contributed by atoms with Gasteiger partial charge in [-0.25, -0.2) is 5.43 Å². The molecule has 11 heavy (non-hydrogen) atoms. The zero-order valence-electron chi connectivity index (χ0n) is 6.97. The van der Waals surface area contributed by atoms with Crippen LogP contribution in [0.5, 0.6) is 0 Å². The third-order valence-electron chi connectivity index (χ3n) is 2.49. The van der Waals surface area contributed by atoms with E-state index in [1.165, 1.54) is 44.3 Å². The first-order chi connectivity index (χ1) is 5.47. The molecule has 0 bridgehead atoms. The Morgan fingerprint density at radius 2 is 2.27 bits per heavy atom. The van der Waals surface area contributed by atoms with Gasteiger partial charge in [0.05, 0.1) is 0 Å². The van der Waals surface area contributed by atoms with E-state index in [0.29, 0.717) is 0 Å². The maximum absolute atomic E-state index is 3.43. The van der Waals surface area contributed by atoms with E-state index >= 15 is 0 Å². The Morgan fingerprint density at radius 1 is 1.27 bits per heavy atom. The minimum Gasteiger partial charge on any atom is -0.313 e. The van der Waals surface area contributed by atoms with Gasteiger partial charge in [-0.1, -0.05) is 12.5 Å². The first-order valence-electron chi connectivity index (χ1n) is 4.67. The highest BCUT2D eigenvalue weighted by atomic mass is 15.5. The Kier molecular flexibility index (Phi) is 2.13. The molecule has 0 aromatic rings. The van der Waals surface area contributed by atoms with Crippen molar-refractivity contribution in [3.63, 3.8) is 0 Å². The molecule has 0 atom stereocenters. The number of rotatable bonds is 0. The van der Waals surface area contributed by atoms with Gasteiger partial charge in [-0.2, -0.15) is 0 Å². The third-order valence-corrected chi connectivity index (χ3v) is 2.49. The molecule has 0 unspecified atom stereocenters. The molecule has 2 rings (SSSR count). The number of hydrazine groups is 1. The van der Waals surface area contributed by atoms with Crippen LogP contribution in [0.1, 0.15) is 32.1 Å². The lowest BCUT2D eigenvalue weighted by Crippen LogP contribution is -2.40. The van der Waals surface area contributed by atoms with Crippen molar-refractivity contribution in [2.75, 3.05) is 13.1 Å². The Bertz CT molecular complexity index is 163. The van der Waals surface area contributed by atoms with Gasteiger partial charge in [0.25, 0.3) is 0 Å². The molecule has 2 aliphatic heterocycles. The molecule has 0 aromatic carbocycles. The van der Waals surface area contributed by atoms with Crippen LogP contribution in [0.2, 0.25) is 0 Å². The van der Waals surface area contributed by atoms with E-state index in [2.05, 4.69) is 16.5 Å². The second-order valence-corrected chi connectivity index (χ2v) is 3.35. The highest BCUT2D eigenvalue weighted by molar-refractivity contribution is 5.04. The van der Waals surface area contributed by atoms with Crippen LogP contribution in [0, 0.1) is 0 Å². The van der Waals surface area contributed by atoms with Crippen LogP contribution < -0.4 is 5.43 Å². The van der Waals surface area contributed by atoms with Crippen molar-refractivity contribution in [2.24, 2.45) is 0 Å².